The molecule has 0 saturated heterocycles. The van der Waals surface area contributed by atoms with Crippen molar-refractivity contribution in [3.63, 3.8) is 0 Å². The number of carboxylic acids is 1. The molecule has 1 aromatic carbocycles. The number of carbonyl (C=O) groups excluding carboxylic acids is 1. The highest BCUT2D eigenvalue weighted by molar-refractivity contribution is 8.01. The largest absolute Gasteiger partial charge is 0.480 e. The number of hydrogen-bond acceptors (Lipinski definition) is 5. The average molecular weight is 311 g/mol. The van der Waals surface area contributed by atoms with E-state index in [-0.39, 0.29) is 11.7 Å². The number of nitrogens with zero attached hydrogens (tertiary/aromatic N) is 2. The van der Waals surface area contributed by atoms with Crippen molar-refractivity contribution in [1.82, 2.24) is 0 Å². The van der Waals surface area contributed by atoms with Crippen molar-refractivity contribution in [2.75, 3.05) is 11.1 Å². The molecule has 0 spiro atoms. The fraction of sp³-hybridized carbons (Fsp3) is 0.333. The standard InChI is InChI=1S/C12H13N3O3S2/c1-2-9(12(17)18)19-6-10(16)13-7-4-3-5-8-11(7)15-20-14-8/h3-5,9H,2,6H2,1H3,(H,13,16)(H,17,18). The highest BCUT2D eigenvalue weighted by atomic mass is 32.2. The number of aliphatic carboxylic acids is 1. The van der Waals surface area contributed by atoms with Crippen molar-refractivity contribution in [3.05, 3.63) is 18.2 Å². The molecular formula is C12H13N3O3S2. The van der Waals surface area contributed by atoms with Crippen molar-refractivity contribution in [3.8, 4) is 0 Å². The molecule has 0 aliphatic carbocycles. The highest BCUT2D eigenvalue weighted by Gasteiger charge is 2.18. The molecule has 1 aliphatic rings. The predicted molar refractivity (Wildman–Crippen MR) is 80.8 cm³/mol. The van der Waals surface area contributed by atoms with Crippen molar-refractivity contribution in [2.45, 2.75) is 18.6 Å². The SMILES string of the molecule is CCC(SCC(=O)Nc1cccc2c1N=S=N2)C(=O)O. The number of nitrogens with one attached hydrogen (secondary N) is 1. The Bertz CT molecular complexity index is 612. The lowest BCUT2D eigenvalue weighted by Gasteiger charge is -2.10. The summed E-state index contributed by atoms with van der Waals surface area (Å²) in [5.74, 6) is -1.04. The zero-order chi connectivity index (χ0) is 14.5. The Labute approximate surface area is 123 Å². The van der Waals surface area contributed by atoms with Crippen LogP contribution in [-0.4, -0.2) is 28.0 Å². The molecule has 0 bridgehead atoms. The third-order valence-corrected chi connectivity index (χ3v) is 4.53. The molecule has 20 heavy (non-hydrogen) atoms. The second kappa shape index (κ2) is 6.67. The fourth-order valence-electron chi connectivity index (χ4n) is 1.63. The average Bonchev–Trinajstić information content (AvgIpc) is 2.88. The van der Waals surface area contributed by atoms with Gasteiger partial charge in [-0.2, -0.15) is 8.73 Å². The minimum absolute atomic E-state index is 0.0960. The first kappa shape index (κ1) is 14.7. The first-order valence-electron chi connectivity index (χ1n) is 5.97. The summed E-state index contributed by atoms with van der Waals surface area (Å²) in [5.41, 5.74) is 1.99. The zero-order valence-corrected chi connectivity index (χ0v) is 12.3. The van der Waals surface area contributed by atoms with Crippen LogP contribution in [0.25, 0.3) is 0 Å². The Kier molecular flexibility index (Phi) is 4.91. The van der Waals surface area contributed by atoms with Crippen LogP contribution in [0.2, 0.25) is 0 Å². The van der Waals surface area contributed by atoms with E-state index in [4.69, 9.17) is 5.11 Å². The van der Waals surface area contributed by atoms with Gasteiger partial charge in [-0.05, 0) is 18.6 Å². The Morgan fingerprint density at radius 3 is 2.95 bits per heavy atom. The quantitative estimate of drug-likeness (QED) is 0.858. The van der Waals surface area contributed by atoms with Gasteiger partial charge in [0, 0.05) is 0 Å². The van der Waals surface area contributed by atoms with Gasteiger partial charge in [0.25, 0.3) is 0 Å². The van der Waals surface area contributed by atoms with E-state index in [1.54, 1.807) is 19.1 Å². The number of anilines is 1. The molecule has 0 saturated carbocycles. The summed E-state index contributed by atoms with van der Waals surface area (Å²) < 4.78 is 8.22. The lowest BCUT2D eigenvalue weighted by molar-refractivity contribution is -0.136. The van der Waals surface area contributed by atoms with Crippen LogP contribution < -0.4 is 5.32 Å². The van der Waals surface area contributed by atoms with Crippen LogP contribution in [0.4, 0.5) is 17.1 Å². The second-order valence-electron chi connectivity index (χ2n) is 4.03. The minimum atomic E-state index is -0.892. The second-order valence-corrected chi connectivity index (χ2v) is 5.75. The molecule has 2 N–H and O–H groups in total. The first-order chi connectivity index (χ1) is 9.61. The maximum Gasteiger partial charge on any atom is 0.316 e. The topological polar surface area (TPSA) is 91.1 Å². The maximum atomic E-state index is 11.9. The van der Waals surface area contributed by atoms with E-state index in [1.807, 2.05) is 6.07 Å². The Hall–Kier alpha value is -1.67. The van der Waals surface area contributed by atoms with Crippen LogP contribution in [0.15, 0.2) is 26.9 Å². The summed E-state index contributed by atoms with van der Waals surface area (Å²) in [6.45, 7) is 1.78. The first-order valence-corrected chi connectivity index (χ1v) is 7.75. The van der Waals surface area contributed by atoms with E-state index in [1.165, 1.54) is 0 Å². The number of fused-ring (bicyclic) bond motifs is 1. The van der Waals surface area contributed by atoms with Crippen LogP contribution in [0.1, 0.15) is 13.3 Å². The molecule has 0 aromatic heterocycles. The normalized spacial score (nSPS) is 13.4. The number of rotatable bonds is 6. The molecule has 8 heteroatoms. The summed E-state index contributed by atoms with van der Waals surface area (Å²) in [5, 5.41) is 11.1. The molecular weight excluding hydrogens is 298 g/mol. The molecule has 6 nitrogen and oxygen atoms in total. The fourth-order valence-corrected chi connectivity index (χ4v) is 2.99. The van der Waals surface area contributed by atoms with E-state index >= 15 is 0 Å². The molecule has 1 atom stereocenters. The maximum absolute atomic E-state index is 11.9. The molecule has 1 unspecified atom stereocenters. The molecule has 0 radical (unpaired) electrons. The highest BCUT2D eigenvalue weighted by Crippen LogP contribution is 2.38. The van der Waals surface area contributed by atoms with Gasteiger partial charge in [-0.3, -0.25) is 9.59 Å². The third kappa shape index (κ3) is 3.45. The van der Waals surface area contributed by atoms with Crippen molar-refractivity contribution >= 4 is 52.1 Å². The van der Waals surface area contributed by atoms with Gasteiger partial charge >= 0.3 is 5.97 Å². The molecule has 106 valence electrons. The van der Waals surface area contributed by atoms with Gasteiger partial charge in [0.1, 0.15) is 16.6 Å². The van der Waals surface area contributed by atoms with Crippen LogP contribution in [0, 0.1) is 0 Å². The van der Waals surface area contributed by atoms with Gasteiger partial charge in [-0.1, -0.05) is 13.0 Å². The van der Waals surface area contributed by atoms with Gasteiger partial charge < -0.3 is 10.4 Å². The minimum Gasteiger partial charge on any atom is -0.480 e. The number of carbonyl (C=O) groups is 2. The van der Waals surface area contributed by atoms with E-state index in [0.29, 0.717) is 17.8 Å². The van der Waals surface area contributed by atoms with Crippen LogP contribution in [0.3, 0.4) is 0 Å². The van der Waals surface area contributed by atoms with Crippen molar-refractivity contribution < 1.29 is 14.7 Å². The van der Waals surface area contributed by atoms with E-state index < -0.39 is 11.2 Å². The molecule has 2 rings (SSSR count). The molecule has 1 amide bonds. The number of thioether (sulfide) groups is 1. The molecule has 1 heterocycles. The Morgan fingerprint density at radius 2 is 2.25 bits per heavy atom. The van der Waals surface area contributed by atoms with Crippen LogP contribution >= 0.6 is 11.8 Å². The van der Waals surface area contributed by atoms with Crippen LogP contribution in [0.5, 0.6) is 0 Å². The van der Waals surface area contributed by atoms with E-state index in [2.05, 4.69) is 14.0 Å². The number of benzene rings is 1. The number of carboxylic acid groups (broad SMARTS) is 1. The van der Waals surface area contributed by atoms with Crippen LogP contribution in [-0.2, 0) is 20.9 Å². The van der Waals surface area contributed by atoms with E-state index in [0.717, 1.165) is 28.8 Å². The summed E-state index contributed by atoms with van der Waals surface area (Å²) in [4.78, 5) is 22.7. The summed E-state index contributed by atoms with van der Waals surface area (Å²) in [6, 6.07) is 5.36. The van der Waals surface area contributed by atoms with Gasteiger partial charge in [0.2, 0.25) is 5.91 Å². The monoisotopic (exact) mass is 311 g/mol. The Balaban J connectivity index is 1.95. The molecule has 1 aromatic rings. The van der Waals surface area contributed by atoms with Crippen molar-refractivity contribution in [2.24, 2.45) is 8.73 Å². The smallest absolute Gasteiger partial charge is 0.316 e. The number of hydrogen-bond donors (Lipinski definition) is 2. The molecule has 1 aliphatic heterocycles. The third-order valence-electron chi connectivity index (χ3n) is 2.62. The lowest BCUT2D eigenvalue weighted by atomic mass is 10.2. The summed E-state index contributed by atoms with van der Waals surface area (Å²) in [7, 11) is 0. The lowest BCUT2D eigenvalue weighted by Crippen LogP contribution is -2.20. The summed E-state index contributed by atoms with van der Waals surface area (Å²) >= 11 is 2.21. The van der Waals surface area contributed by atoms with E-state index in [9.17, 15) is 9.59 Å². The summed E-state index contributed by atoms with van der Waals surface area (Å²) in [6.07, 6.45) is 0.485. The zero-order valence-electron chi connectivity index (χ0n) is 10.7. The predicted octanol–water partition coefficient (Wildman–Crippen LogP) is 2.95. The van der Waals surface area contributed by atoms with Crippen molar-refractivity contribution in [1.29, 1.82) is 0 Å². The van der Waals surface area contributed by atoms with Gasteiger partial charge in [-0.15, -0.1) is 11.8 Å². The Morgan fingerprint density at radius 1 is 1.45 bits per heavy atom. The van der Waals surface area contributed by atoms with Gasteiger partial charge in [0.15, 0.2) is 0 Å². The van der Waals surface area contributed by atoms with Gasteiger partial charge in [-0.25, -0.2) is 0 Å². The molecule has 0 fully saturated rings. The van der Waals surface area contributed by atoms with Gasteiger partial charge in [0.05, 0.1) is 22.8 Å². The number of amides is 1.